The predicted octanol–water partition coefficient (Wildman–Crippen LogP) is 1.41. The fourth-order valence-corrected chi connectivity index (χ4v) is 1.83. The van der Waals surface area contributed by atoms with Gasteiger partial charge in [-0.1, -0.05) is 6.07 Å². The molecule has 0 fully saturated rings. The van der Waals surface area contributed by atoms with Gasteiger partial charge in [0.05, 0.1) is 17.2 Å². The molecule has 1 aromatic rings. The van der Waals surface area contributed by atoms with E-state index in [1.807, 2.05) is 0 Å². The molecule has 5 nitrogen and oxygen atoms in total. The average Bonchev–Trinajstić information content (AvgIpc) is 2.42. The Morgan fingerprint density at radius 1 is 1.33 bits per heavy atom. The van der Waals surface area contributed by atoms with Crippen molar-refractivity contribution < 1.29 is 33.3 Å². The van der Waals surface area contributed by atoms with Gasteiger partial charge in [0.2, 0.25) is 0 Å². The molecule has 8 heteroatoms. The predicted molar refractivity (Wildman–Crippen MR) is 67.9 cm³/mol. The number of carboxylic acids is 1. The molecule has 0 spiro atoms. The van der Waals surface area contributed by atoms with Gasteiger partial charge < -0.3 is 20.6 Å². The average molecular weight is 307 g/mol. The summed E-state index contributed by atoms with van der Waals surface area (Å²) in [6.45, 7) is 0.362. The molecular formula is C13H16F3NO4. The van der Waals surface area contributed by atoms with Crippen LogP contribution in [0.4, 0.5) is 13.2 Å². The van der Waals surface area contributed by atoms with Gasteiger partial charge in [-0.15, -0.1) is 0 Å². The molecule has 118 valence electrons. The SMILES string of the molecule is CNCCC(O)C(O)c1ccc(C(F)(F)F)cc1C(=O)O. The number of carboxylic acid groups (broad SMARTS) is 1. The summed E-state index contributed by atoms with van der Waals surface area (Å²) in [6, 6.07) is 2.00. The summed E-state index contributed by atoms with van der Waals surface area (Å²) in [4.78, 5) is 11.1. The fraction of sp³-hybridized carbons (Fsp3) is 0.462. The lowest BCUT2D eigenvalue weighted by Gasteiger charge is -2.20. The highest BCUT2D eigenvalue weighted by Crippen LogP contribution is 2.32. The van der Waals surface area contributed by atoms with Crippen LogP contribution in [-0.2, 0) is 6.18 Å². The van der Waals surface area contributed by atoms with Crippen molar-refractivity contribution in [1.29, 1.82) is 0 Å². The molecule has 0 amide bonds. The molecule has 0 aliphatic rings. The number of halogens is 3. The number of aliphatic hydroxyl groups is 2. The van der Waals surface area contributed by atoms with Gasteiger partial charge in [-0.2, -0.15) is 13.2 Å². The summed E-state index contributed by atoms with van der Waals surface area (Å²) in [7, 11) is 1.62. The highest BCUT2D eigenvalue weighted by Gasteiger charge is 2.33. The maximum Gasteiger partial charge on any atom is 0.416 e. The second-order valence-corrected chi connectivity index (χ2v) is 4.51. The minimum absolute atomic E-state index is 0.123. The van der Waals surface area contributed by atoms with Crippen LogP contribution in [0.5, 0.6) is 0 Å². The second kappa shape index (κ2) is 6.88. The number of alkyl halides is 3. The Bertz CT molecular complexity index is 505. The molecule has 0 saturated heterocycles. The first-order valence-corrected chi connectivity index (χ1v) is 6.13. The molecule has 0 bridgehead atoms. The minimum Gasteiger partial charge on any atom is -0.478 e. The molecular weight excluding hydrogens is 291 g/mol. The molecule has 1 rings (SSSR count). The van der Waals surface area contributed by atoms with Gasteiger partial charge in [0, 0.05) is 0 Å². The Kier molecular flexibility index (Phi) is 5.70. The van der Waals surface area contributed by atoms with Gasteiger partial charge in [-0.05, 0) is 37.7 Å². The third kappa shape index (κ3) is 4.42. The minimum atomic E-state index is -4.68. The number of nitrogens with one attached hydrogen (secondary N) is 1. The van der Waals surface area contributed by atoms with Crippen molar-refractivity contribution in [3.63, 3.8) is 0 Å². The number of hydrogen-bond acceptors (Lipinski definition) is 4. The summed E-state index contributed by atoms with van der Waals surface area (Å²) in [5.41, 5.74) is -2.06. The van der Waals surface area contributed by atoms with Crippen LogP contribution in [0.3, 0.4) is 0 Å². The van der Waals surface area contributed by atoms with Crippen molar-refractivity contribution in [3.8, 4) is 0 Å². The third-order valence-corrected chi connectivity index (χ3v) is 2.98. The first kappa shape index (κ1) is 17.4. The Morgan fingerprint density at radius 2 is 1.95 bits per heavy atom. The number of hydrogen-bond donors (Lipinski definition) is 4. The topological polar surface area (TPSA) is 89.8 Å². The van der Waals surface area contributed by atoms with Crippen molar-refractivity contribution in [1.82, 2.24) is 5.32 Å². The highest BCUT2D eigenvalue weighted by molar-refractivity contribution is 5.89. The highest BCUT2D eigenvalue weighted by atomic mass is 19.4. The number of aliphatic hydroxyl groups excluding tert-OH is 2. The van der Waals surface area contributed by atoms with Crippen LogP contribution in [0.1, 0.15) is 34.0 Å². The molecule has 4 N–H and O–H groups in total. The summed E-state index contributed by atoms with van der Waals surface area (Å²) in [5.74, 6) is -1.60. The number of rotatable bonds is 6. The first-order chi connectivity index (χ1) is 9.68. The zero-order chi connectivity index (χ0) is 16.2. The van der Waals surface area contributed by atoms with Crippen molar-refractivity contribution >= 4 is 5.97 Å². The number of benzene rings is 1. The van der Waals surface area contributed by atoms with Crippen molar-refractivity contribution in [2.75, 3.05) is 13.6 Å². The van der Waals surface area contributed by atoms with Crippen molar-refractivity contribution in [2.45, 2.75) is 24.8 Å². The summed E-state index contributed by atoms with van der Waals surface area (Å²) < 4.78 is 37.7. The molecule has 0 radical (unpaired) electrons. The van der Waals surface area contributed by atoms with Gasteiger partial charge in [0.1, 0.15) is 6.10 Å². The molecule has 2 unspecified atom stereocenters. The normalized spacial score (nSPS) is 14.8. The fourth-order valence-electron chi connectivity index (χ4n) is 1.83. The van der Waals surface area contributed by atoms with E-state index in [9.17, 15) is 28.2 Å². The first-order valence-electron chi connectivity index (χ1n) is 6.13. The summed E-state index contributed by atoms with van der Waals surface area (Å²) in [5, 5.41) is 31.4. The van der Waals surface area contributed by atoms with Gasteiger partial charge in [0.15, 0.2) is 0 Å². The van der Waals surface area contributed by atoms with E-state index < -0.39 is 35.5 Å². The zero-order valence-electron chi connectivity index (χ0n) is 11.2. The molecule has 1 aromatic carbocycles. The van der Waals surface area contributed by atoms with Gasteiger partial charge in [0.25, 0.3) is 0 Å². The molecule has 0 aliphatic carbocycles. The molecule has 0 saturated carbocycles. The van der Waals surface area contributed by atoms with Crippen LogP contribution in [0.15, 0.2) is 18.2 Å². The lowest BCUT2D eigenvalue weighted by atomic mass is 9.95. The zero-order valence-corrected chi connectivity index (χ0v) is 11.2. The van der Waals surface area contributed by atoms with E-state index in [1.54, 1.807) is 7.05 Å². The van der Waals surface area contributed by atoms with Crippen LogP contribution >= 0.6 is 0 Å². The van der Waals surface area contributed by atoms with Crippen LogP contribution in [-0.4, -0.2) is 41.0 Å². The molecule has 0 aliphatic heterocycles. The van der Waals surface area contributed by atoms with Gasteiger partial charge in [-0.25, -0.2) is 4.79 Å². The summed E-state index contributed by atoms with van der Waals surface area (Å²) in [6.07, 6.45) is -7.42. The van der Waals surface area contributed by atoms with E-state index in [0.29, 0.717) is 18.7 Å². The van der Waals surface area contributed by atoms with Crippen molar-refractivity contribution in [2.24, 2.45) is 0 Å². The largest absolute Gasteiger partial charge is 0.478 e. The van der Waals surface area contributed by atoms with Crippen molar-refractivity contribution in [3.05, 3.63) is 34.9 Å². The Balaban J connectivity index is 3.15. The van der Waals surface area contributed by atoms with Crippen LogP contribution < -0.4 is 5.32 Å². The van der Waals surface area contributed by atoms with E-state index >= 15 is 0 Å². The van der Waals surface area contributed by atoms with E-state index in [2.05, 4.69) is 5.32 Å². The summed E-state index contributed by atoms with van der Waals surface area (Å²) >= 11 is 0. The van der Waals surface area contributed by atoms with E-state index in [-0.39, 0.29) is 12.0 Å². The Morgan fingerprint density at radius 3 is 2.43 bits per heavy atom. The Hall–Kier alpha value is -1.64. The maximum atomic E-state index is 12.6. The second-order valence-electron chi connectivity index (χ2n) is 4.51. The van der Waals surface area contributed by atoms with E-state index in [0.717, 1.165) is 6.07 Å². The van der Waals surface area contributed by atoms with E-state index in [1.165, 1.54) is 0 Å². The molecule has 21 heavy (non-hydrogen) atoms. The van der Waals surface area contributed by atoms with Crippen LogP contribution in [0.2, 0.25) is 0 Å². The van der Waals surface area contributed by atoms with Gasteiger partial charge >= 0.3 is 12.1 Å². The monoisotopic (exact) mass is 307 g/mol. The number of carbonyl (C=O) groups is 1. The quantitative estimate of drug-likeness (QED) is 0.638. The third-order valence-electron chi connectivity index (χ3n) is 2.98. The molecule has 0 aromatic heterocycles. The van der Waals surface area contributed by atoms with E-state index in [4.69, 9.17) is 5.11 Å². The number of aromatic carboxylic acids is 1. The van der Waals surface area contributed by atoms with Gasteiger partial charge in [-0.3, -0.25) is 0 Å². The smallest absolute Gasteiger partial charge is 0.416 e. The standard InChI is InChI=1S/C13H16F3NO4/c1-17-5-4-10(18)11(19)8-3-2-7(13(14,15)16)6-9(8)12(20)21/h2-3,6,10-11,17-19H,4-5H2,1H3,(H,20,21). The lowest BCUT2D eigenvalue weighted by Crippen LogP contribution is -2.25. The molecule has 2 atom stereocenters. The van der Waals surface area contributed by atoms with Crippen LogP contribution in [0.25, 0.3) is 0 Å². The molecule has 0 heterocycles. The lowest BCUT2D eigenvalue weighted by molar-refractivity contribution is -0.137. The van der Waals surface area contributed by atoms with Crippen LogP contribution in [0, 0.1) is 0 Å². The Labute approximate surface area is 119 Å². The maximum absolute atomic E-state index is 12.6.